The summed E-state index contributed by atoms with van der Waals surface area (Å²) in [4.78, 5) is 14.5. The van der Waals surface area contributed by atoms with Gasteiger partial charge < -0.3 is 15.2 Å². The Morgan fingerprint density at radius 3 is 2.96 bits per heavy atom. The van der Waals surface area contributed by atoms with Crippen molar-refractivity contribution in [1.29, 1.82) is 0 Å². The zero-order valence-electron chi connectivity index (χ0n) is 14.2. The first-order valence-corrected chi connectivity index (χ1v) is 9.09. The summed E-state index contributed by atoms with van der Waals surface area (Å²) < 4.78 is 5.55. The van der Waals surface area contributed by atoms with E-state index in [0.29, 0.717) is 19.6 Å². The van der Waals surface area contributed by atoms with Crippen molar-refractivity contribution in [3.8, 4) is 0 Å². The molecule has 1 aromatic rings. The molecule has 2 N–H and O–H groups in total. The van der Waals surface area contributed by atoms with Crippen LogP contribution in [0.4, 0.5) is 0 Å². The van der Waals surface area contributed by atoms with Gasteiger partial charge in [0.25, 0.3) is 0 Å². The van der Waals surface area contributed by atoms with E-state index in [-0.39, 0.29) is 24.7 Å². The van der Waals surface area contributed by atoms with Crippen molar-refractivity contribution in [3.05, 3.63) is 35.4 Å². The molecule has 0 aromatic heterocycles. The average molecular weight is 332 g/mol. The highest BCUT2D eigenvalue weighted by atomic mass is 16.5. The molecule has 1 aromatic carbocycles. The smallest absolute Gasteiger partial charge is 0.234 e. The Bertz CT molecular complexity index is 543. The molecule has 3 rings (SSSR count). The Morgan fingerprint density at radius 1 is 1.29 bits per heavy atom. The molecule has 24 heavy (non-hydrogen) atoms. The molecule has 1 amide bonds. The number of fused-ring (bicyclic) bond motifs is 1. The lowest BCUT2D eigenvalue weighted by molar-refractivity contribution is -0.123. The minimum atomic E-state index is 0.0157. The lowest BCUT2D eigenvalue weighted by atomic mass is 9.87. The minimum Gasteiger partial charge on any atom is -0.395 e. The molecule has 0 spiro atoms. The molecule has 1 saturated heterocycles. The van der Waals surface area contributed by atoms with Gasteiger partial charge in [0.2, 0.25) is 5.91 Å². The molecule has 5 nitrogen and oxygen atoms in total. The first-order chi connectivity index (χ1) is 11.8. The number of aliphatic hydroxyl groups is 1. The van der Waals surface area contributed by atoms with E-state index in [4.69, 9.17) is 4.74 Å². The van der Waals surface area contributed by atoms with Crippen LogP contribution in [0.25, 0.3) is 0 Å². The van der Waals surface area contributed by atoms with Gasteiger partial charge in [-0.3, -0.25) is 9.69 Å². The van der Waals surface area contributed by atoms with Crippen LogP contribution in [-0.2, 0) is 16.0 Å². The fraction of sp³-hybridized carbons (Fsp3) is 0.632. The fourth-order valence-corrected chi connectivity index (χ4v) is 3.85. The summed E-state index contributed by atoms with van der Waals surface area (Å²) >= 11 is 0. The standard InChI is InChI=1S/C19H28N2O3/c22-11-10-21(14-19(23)20-13-16-7-4-12-24-16)18-9-3-6-15-5-1-2-8-17(15)18/h1-2,5,8,16,18,22H,3-4,6-7,9-14H2,(H,20,23). The van der Waals surface area contributed by atoms with Crippen molar-refractivity contribution in [2.45, 2.75) is 44.2 Å². The minimum absolute atomic E-state index is 0.0157. The lowest BCUT2D eigenvalue weighted by Crippen LogP contribution is -2.43. The molecule has 2 unspecified atom stereocenters. The number of hydrogen-bond acceptors (Lipinski definition) is 4. The highest BCUT2D eigenvalue weighted by Gasteiger charge is 2.27. The van der Waals surface area contributed by atoms with Crippen molar-refractivity contribution in [2.75, 3.05) is 32.8 Å². The Hall–Kier alpha value is -1.43. The van der Waals surface area contributed by atoms with Crippen molar-refractivity contribution in [2.24, 2.45) is 0 Å². The monoisotopic (exact) mass is 332 g/mol. The molecule has 1 aliphatic carbocycles. The predicted octanol–water partition coefficient (Wildman–Crippen LogP) is 1.65. The second kappa shape index (κ2) is 8.60. The summed E-state index contributed by atoms with van der Waals surface area (Å²) in [5, 5.41) is 12.4. The molecular formula is C19H28N2O3. The number of aryl methyl sites for hydroxylation is 1. The molecule has 1 fully saturated rings. The maximum absolute atomic E-state index is 12.3. The summed E-state index contributed by atoms with van der Waals surface area (Å²) in [6.45, 7) is 2.30. The maximum atomic E-state index is 12.3. The molecule has 5 heteroatoms. The number of hydrogen-bond donors (Lipinski definition) is 2. The van der Waals surface area contributed by atoms with Gasteiger partial charge in [0.1, 0.15) is 0 Å². The Labute approximate surface area is 144 Å². The summed E-state index contributed by atoms with van der Waals surface area (Å²) in [6.07, 6.45) is 5.53. The predicted molar refractivity (Wildman–Crippen MR) is 92.8 cm³/mol. The number of ether oxygens (including phenoxy) is 1. The molecule has 1 heterocycles. The van der Waals surface area contributed by atoms with Crippen LogP contribution in [-0.4, -0.2) is 54.9 Å². The third-order valence-corrected chi connectivity index (χ3v) is 5.06. The van der Waals surface area contributed by atoms with E-state index >= 15 is 0 Å². The number of carbonyl (C=O) groups excluding carboxylic acids is 1. The van der Waals surface area contributed by atoms with Crippen molar-refractivity contribution < 1.29 is 14.6 Å². The number of aliphatic hydroxyl groups excluding tert-OH is 1. The van der Waals surface area contributed by atoms with Crippen LogP contribution in [0, 0.1) is 0 Å². The molecule has 0 radical (unpaired) electrons. The molecule has 2 aliphatic rings. The van der Waals surface area contributed by atoms with Crippen LogP contribution in [0.15, 0.2) is 24.3 Å². The van der Waals surface area contributed by atoms with Crippen molar-refractivity contribution >= 4 is 5.91 Å². The topological polar surface area (TPSA) is 61.8 Å². The largest absolute Gasteiger partial charge is 0.395 e. The molecule has 1 aliphatic heterocycles. The van der Waals surface area contributed by atoms with Crippen LogP contribution >= 0.6 is 0 Å². The van der Waals surface area contributed by atoms with E-state index in [1.807, 2.05) is 0 Å². The zero-order valence-corrected chi connectivity index (χ0v) is 14.2. The number of amides is 1. The van der Waals surface area contributed by atoms with Crippen molar-refractivity contribution in [3.63, 3.8) is 0 Å². The number of benzene rings is 1. The molecule has 2 atom stereocenters. The van der Waals surface area contributed by atoms with Crippen LogP contribution < -0.4 is 5.32 Å². The normalized spacial score (nSPS) is 23.2. The number of nitrogens with one attached hydrogen (secondary N) is 1. The van der Waals surface area contributed by atoms with Gasteiger partial charge in [-0.15, -0.1) is 0 Å². The van der Waals surface area contributed by atoms with Gasteiger partial charge in [-0.05, 0) is 43.2 Å². The Balaban J connectivity index is 1.61. The van der Waals surface area contributed by atoms with Crippen LogP contribution in [0.1, 0.15) is 42.9 Å². The quantitative estimate of drug-likeness (QED) is 0.797. The Morgan fingerprint density at radius 2 is 2.17 bits per heavy atom. The highest BCUT2D eigenvalue weighted by Crippen LogP contribution is 2.33. The number of rotatable bonds is 7. The third-order valence-electron chi connectivity index (χ3n) is 5.06. The van der Waals surface area contributed by atoms with E-state index in [1.165, 1.54) is 11.1 Å². The SMILES string of the molecule is O=C(CN(CCO)C1CCCc2ccccc21)NCC1CCCO1. The zero-order chi connectivity index (χ0) is 16.8. The highest BCUT2D eigenvalue weighted by molar-refractivity contribution is 5.78. The van der Waals surface area contributed by atoms with Gasteiger partial charge in [0.15, 0.2) is 0 Å². The third kappa shape index (κ3) is 4.35. The van der Waals surface area contributed by atoms with E-state index < -0.39 is 0 Å². The van der Waals surface area contributed by atoms with Gasteiger partial charge in [-0.1, -0.05) is 24.3 Å². The summed E-state index contributed by atoms with van der Waals surface area (Å²) in [6, 6.07) is 8.69. The van der Waals surface area contributed by atoms with Crippen LogP contribution in [0.2, 0.25) is 0 Å². The molecule has 0 saturated carbocycles. The maximum Gasteiger partial charge on any atom is 0.234 e. The first kappa shape index (κ1) is 17.4. The average Bonchev–Trinajstić information content (AvgIpc) is 3.13. The number of nitrogens with zero attached hydrogens (tertiary/aromatic N) is 1. The van der Waals surface area contributed by atoms with Crippen LogP contribution in [0.3, 0.4) is 0 Å². The molecular weight excluding hydrogens is 304 g/mol. The van der Waals surface area contributed by atoms with E-state index in [0.717, 1.165) is 38.7 Å². The van der Waals surface area contributed by atoms with E-state index in [1.54, 1.807) is 0 Å². The molecule has 132 valence electrons. The van der Waals surface area contributed by atoms with Crippen LogP contribution in [0.5, 0.6) is 0 Å². The second-order valence-corrected chi connectivity index (χ2v) is 6.74. The lowest BCUT2D eigenvalue weighted by Gasteiger charge is -2.35. The van der Waals surface area contributed by atoms with Crippen molar-refractivity contribution in [1.82, 2.24) is 10.2 Å². The van der Waals surface area contributed by atoms with Gasteiger partial charge in [0, 0.05) is 25.7 Å². The molecule has 0 bridgehead atoms. The van der Waals surface area contributed by atoms with Gasteiger partial charge in [0.05, 0.1) is 19.3 Å². The van der Waals surface area contributed by atoms with E-state index in [2.05, 4.69) is 34.5 Å². The second-order valence-electron chi connectivity index (χ2n) is 6.74. The van der Waals surface area contributed by atoms with E-state index in [9.17, 15) is 9.90 Å². The Kier molecular flexibility index (Phi) is 6.24. The summed E-state index contributed by atoms with van der Waals surface area (Å²) in [7, 11) is 0. The fourth-order valence-electron chi connectivity index (χ4n) is 3.85. The summed E-state index contributed by atoms with van der Waals surface area (Å²) in [5.41, 5.74) is 2.68. The summed E-state index contributed by atoms with van der Waals surface area (Å²) in [5.74, 6) is 0.0157. The number of carbonyl (C=O) groups is 1. The van der Waals surface area contributed by atoms with Gasteiger partial charge in [-0.25, -0.2) is 0 Å². The van der Waals surface area contributed by atoms with Gasteiger partial charge >= 0.3 is 0 Å². The first-order valence-electron chi connectivity index (χ1n) is 9.09. The van der Waals surface area contributed by atoms with Gasteiger partial charge in [-0.2, -0.15) is 0 Å².